The van der Waals surface area contributed by atoms with Gasteiger partial charge >= 0.3 is 0 Å². The molecule has 1 saturated heterocycles. The van der Waals surface area contributed by atoms with Gasteiger partial charge in [-0.3, -0.25) is 0 Å². The fourth-order valence-electron chi connectivity index (χ4n) is 1.11. The van der Waals surface area contributed by atoms with E-state index in [0.717, 1.165) is 32.7 Å². The summed E-state index contributed by atoms with van der Waals surface area (Å²) in [6, 6.07) is 0. The van der Waals surface area contributed by atoms with Crippen molar-refractivity contribution in [2.75, 3.05) is 26.3 Å². The van der Waals surface area contributed by atoms with Gasteiger partial charge in [-0.15, -0.1) is 0 Å². The summed E-state index contributed by atoms with van der Waals surface area (Å²) < 4.78 is 5.23. The Kier molecular flexibility index (Phi) is 4.54. The summed E-state index contributed by atoms with van der Waals surface area (Å²) in [4.78, 5) is 2.28. The van der Waals surface area contributed by atoms with Crippen molar-refractivity contribution in [3.05, 3.63) is 24.4 Å². The fourth-order valence-corrected chi connectivity index (χ4v) is 1.11. The third-order valence-corrected chi connectivity index (χ3v) is 1.83. The summed E-state index contributed by atoms with van der Waals surface area (Å²) in [5, 5.41) is 0. The zero-order valence-electron chi connectivity index (χ0n) is 7.70. The second kappa shape index (κ2) is 5.84. The molecule has 0 aromatic heterocycles. The molecule has 2 heteroatoms. The van der Waals surface area contributed by atoms with Crippen molar-refractivity contribution in [3.8, 4) is 0 Å². The van der Waals surface area contributed by atoms with Gasteiger partial charge < -0.3 is 9.64 Å². The van der Waals surface area contributed by atoms with E-state index in [0.29, 0.717) is 0 Å². The molecule has 0 spiro atoms. The van der Waals surface area contributed by atoms with Gasteiger partial charge in [-0.05, 0) is 18.7 Å². The average molecular weight is 167 g/mol. The number of nitrogens with zero attached hydrogens (tertiary/aromatic N) is 1. The molecule has 1 fully saturated rings. The third-order valence-electron chi connectivity index (χ3n) is 1.83. The lowest BCUT2D eigenvalue weighted by Gasteiger charge is -2.24. The maximum atomic E-state index is 5.23. The molecule has 1 rings (SSSR count). The number of allylic oxidation sites excluding steroid dienone is 3. The van der Waals surface area contributed by atoms with Crippen LogP contribution in [0.3, 0.4) is 0 Å². The summed E-state index contributed by atoms with van der Waals surface area (Å²) in [6.07, 6.45) is 9.57. The molecule has 0 aliphatic carbocycles. The van der Waals surface area contributed by atoms with E-state index in [2.05, 4.69) is 36.3 Å². The summed E-state index contributed by atoms with van der Waals surface area (Å²) in [6.45, 7) is 5.91. The van der Waals surface area contributed by atoms with Gasteiger partial charge in [0.1, 0.15) is 0 Å². The zero-order valence-corrected chi connectivity index (χ0v) is 7.70. The smallest absolute Gasteiger partial charge is 0.0642 e. The second-order valence-electron chi connectivity index (χ2n) is 2.83. The van der Waals surface area contributed by atoms with Crippen LogP contribution in [0.25, 0.3) is 0 Å². The number of hydrogen-bond donors (Lipinski definition) is 0. The van der Waals surface area contributed by atoms with Gasteiger partial charge in [-0.1, -0.05) is 19.1 Å². The molecule has 0 aromatic rings. The molecule has 0 aromatic carbocycles. The van der Waals surface area contributed by atoms with Crippen LogP contribution >= 0.6 is 0 Å². The first-order valence-corrected chi connectivity index (χ1v) is 4.58. The minimum absolute atomic E-state index is 0.863. The van der Waals surface area contributed by atoms with Crippen LogP contribution in [-0.4, -0.2) is 31.2 Å². The molecule has 0 amide bonds. The molecule has 0 radical (unpaired) electrons. The molecule has 0 unspecified atom stereocenters. The molecule has 0 bridgehead atoms. The fraction of sp³-hybridized carbons (Fsp3) is 0.600. The first-order chi connectivity index (χ1) is 5.93. The monoisotopic (exact) mass is 167 g/mol. The van der Waals surface area contributed by atoms with Crippen molar-refractivity contribution in [3.63, 3.8) is 0 Å². The highest BCUT2D eigenvalue weighted by Crippen LogP contribution is 1.97. The molecule has 0 N–H and O–H groups in total. The molecule has 1 aliphatic heterocycles. The van der Waals surface area contributed by atoms with Gasteiger partial charge in [-0.25, -0.2) is 0 Å². The van der Waals surface area contributed by atoms with E-state index in [-0.39, 0.29) is 0 Å². The number of hydrogen-bond acceptors (Lipinski definition) is 2. The third kappa shape index (κ3) is 3.58. The Bertz CT molecular complexity index is 157. The number of ether oxygens (including phenoxy) is 1. The summed E-state index contributed by atoms with van der Waals surface area (Å²) >= 11 is 0. The van der Waals surface area contributed by atoms with Crippen molar-refractivity contribution < 1.29 is 4.74 Å². The number of morpholine rings is 1. The Morgan fingerprint density at radius 3 is 2.67 bits per heavy atom. The average Bonchev–Trinajstić information content (AvgIpc) is 2.14. The van der Waals surface area contributed by atoms with Crippen LogP contribution in [0.15, 0.2) is 24.4 Å². The van der Waals surface area contributed by atoms with E-state index in [4.69, 9.17) is 4.74 Å². The maximum absolute atomic E-state index is 5.23. The normalized spacial score (nSPS) is 19.6. The minimum atomic E-state index is 0.863. The van der Waals surface area contributed by atoms with Crippen molar-refractivity contribution >= 4 is 0 Å². The summed E-state index contributed by atoms with van der Waals surface area (Å²) in [5.41, 5.74) is 0. The van der Waals surface area contributed by atoms with Gasteiger partial charge in [0.05, 0.1) is 13.2 Å². The van der Waals surface area contributed by atoms with Crippen molar-refractivity contribution in [2.24, 2.45) is 0 Å². The molecular weight excluding hydrogens is 150 g/mol. The van der Waals surface area contributed by atoms with Crippen LogP contribution in [-0.2, 0) is 4.74 Å². The largest absolute Gasteiger partial charge is 0.378 e. The molecular formula is C10H17NO. The Morgan fingerprint density at radius 1 is 1.25 bits per heavy atom. The second-order valence-corrected chi connectivity index (χ2v) is 2.83. The minimum Gasteiger partial charge on any atom is -0.378 e. The van der Waals surface area contributed by atoms with E-state index >= 15 is 0 Å². The van der Waals surface area contributed by atoms with Gasteiger partial charge in [0.25, 0.3) is 0 Å². The van der Waals surface area contributed by atoms with Gasteiger partial charge in [0.15, 0.2) is 0 Å². The highest BCUT2D eigenvalue weighted by molar-refractivity contribution is 5.01. The van der Waals surface area contributed by atoms with E-state index in [1.54, 1.807) is 0 Å². The highest BCUT2D eigenvalue weighted by Gasteiger charge is 2.03. The van der Waals surface area contributed by atoms with Gasteiger partial charge in [0, 0.05) is 13.1 Å². The van der Waals surface area contributed by atoms with Crippen LogP contribution in [0.2, 0.25) is 0 Å². The maximum Gasteiger partial charge on any atom is 0.0642 e. The van der Waals surface area contributed by atoms with E-state index < -0.39 is 0 Å². The molecule has 2 nitrogen and oxygen atoms in total. The molecule has 0 saturated carbocycles. The molecule has 1 heterocycles. The van der Waals surface area contributed by atoms with Crippen LogP contribution in [0, 0.1) is 0 Å². The lowest BCUT2D eigenvalue weighted by molar-refractivity contribution is 0.0594. The zero-order chi connectivity index (χ0) is 8.65. The van der Waals surface area contributed by atoms with Crippen molar-refractivity contribution in [2.45, 2.75) is 13.3 Å². The van der Waals surface area contributed by atoms with E-state index in [1.807, 2.05) is 0 Å². The quantitative estimate of drug-likeness (QED) is 0.594. The van der Waals surface area contributed by atoms with Crippen LogP contribution in [0.4, 0.5) is 0 Å². The lowest BCUT2D eigenvalue weighted by Crippen LogP contribution is -2.31. The van der Waals surface area contributed by atoms with Gasteiger partial charge in [-0.2, -0.15) is 0 Å². The van der Waals surface area contributed by atoms with Crippen molar-refractivity contribution in [1.29, 1.82) is 0 Å². The summed E-state index contributed by atoms with van der Waals surface area (Å²) in [5.74, 6) is 0. The van der Waals surface area contributed by atoms with Crippen LogP contribution < -0.4 is 0 Å². The highest BCUT2D eigenvalue weighted by atomic mass is 16.5. The first-order valence-electron chi connectivity index (χ1n) is 4.58. The molecule has 0 atom stereocenters. The summed E-state index contributed by atoms with van der Waals surface area (Å²) in [7, 11) is 0. The predicted molar refractivity (Wildman–Crippen MR) is 51.0 cm³/mol. The van der Waals surface area contributed by atoms with Crippen molar-refractivity contribution in [1.82, 2.24) is 4.90 Å². The Hall–Kier alpha value is -0.760. The first kappa shape index (κ1) is 9.33. The van der Waals surface area contributed by atoms with Gasteiger partial charge in [0.2, 0.25) is 0 Å². The van der Waals surface area contributed by atoms with Crippen LogP contribution in [0.1, 0.15) is 13.3 Å². The Labute approximate surface area is 74.5 Å². The predicted octanol–water partition coefficient (Wildman–Crippen LogP) is 1.80. The SMILES string of the molecule is CC/C=C/C=C/N1CCOCC1. The lowest BCUT2D eigenvalue weighted by atomic mass is 10.4. The molecule has 1 aliphatic rings. The van der Waals surface area contributed by atoms with Crippen LogP contribution in [0.5, 0.6) is 0 Å². The standard InChI is InChI=1S/C10H17NO/c1-2-3-4-5-6-11-7-9-12-10-8-11/h3-6H,2,7-10H2,1H3/b4-3+,6-5+. The van der Waals surface area contributed by atoms with E-state index in [9.17, 15) is 0 Å². The number of rotatable bonds is 3. The Morgan fingerprint density at radius 2 is 2.00 bits per heavy atom. The molecule has 12 heavy (non-hydrogen) atoms. The topological polar surface area (TPSA) is 12.5 Å². The molecule has 68 valence electrons. The van der Waals surface area contributed by atoms with E-state index in [1.165, 1.54) is 0 Å². The Balaban J connectivity index is 2.19.